The van der Waals surface area contributed by atoms with E-state index < -0.39 is 17.7 Å². The topological polar surface area (TPSA) is 46.2 Å². The summed E-state index contributed by atoms with van der Waals surface area (Å²) >= 11 is 3.18. The second-order valence-electron chi connectivity index (χ2n) is 4.27. The van der Waals surface area contributed by atoms with Crippen molar-refractivity contribution in [2.45, 2.75) is 12.5 Å². The predicted molar refractivity (Wildman–Crippen MR) is 73.6 cm³/mol. The van der Waals surface area contributed by atoms with Gasteiger partial charge in [-0.3, -0.25) is 0 Å². The summed E-state index contributed by atoms with van der Waals surface area (Å²) in [5.41, 5.74) is 6.91. The van der Waals surface area contributed by atoms with Crippen molar-refractivity contribution in [1.82, 2.24) is 0 Å². The van der Waals surface area contributed by atoms with Crippen LogP contribution in [-0.4, -0.2) is 5.11 Å². The number of aliphatic hydroxyl groups excluding tert-OH is 1. The van der Waals surface area contributed by atoms with Crippen LogP contribution in [0.15, 0.2) is 40.9 Å². The Hall–Kier alpha value is -1.46. The van der Waals surface area contributed by atoms with Gasteiger partial charge in [-0.2, -0.15) is 0 Å². The molecule has 0 aliphatic heterocycles. The largest absolute Gasteiger partial charge is 0.398 e. The van der Waals surface area contributed by atoms with Crippen molar-refractivity contribution < 1.29 is 13.9 Å². The quantitative estimate of drug-likeness (QED) is 0.846. The number of aliphatic hydroxyl groups is 1. The van der Waals surface area contributed by atoms with Gasteiger partial charge >= 0.3 is 0 Å². The molecule has 0 saturated heterocycles. The van der Waals surface area contributed by atoms with Crippen molar-refractivity contribution in [1.29, 1.82) is 0 Å². The Morgan fingerprint density at radius 3 is 2.53 bits per heavy atom. The van der Waals surface area contributed by atoms with Gasteiger partial charge in [0.1, 0.15) is 11.6 Å². The minimum atomic E-state index is -0.982. The normalized spacial score (nSPS) is 12.4. The fraction of sp³-hybridized carbons (Fsp3) is 0.143. The maximum Gasteiger partial charge on any atom is 0.124 e. The Morgan fingerprint density at radius 2 is 1.84 bits per heavy atom. The summed E-state index contributed by atoms with van der Waals surface area (Å²) in [4.78, 5) is 0. The number of hydrogen-bond donors (Lipinski definition) is 2. The van der Waals surface area contributed by atoms with Gasteiger partial charge in [-0.05, 0) is 42.0 Å². The summed E-state index contributed by atoms with van der Waals surface area (Å²) in [7, 11) is 0. The van der Waals surface area contributed by atoms with E-state index >= 15 is 0 Å². The average molecular weight is 328 g/mol. The highest BCUT2D eigenvalue weighted by Crippen LogP contribution is 2.26. The summed E-state index contributed by atoms with van der Waals surface area (Å²) in [5.74, 6) is -0.868. The molecule has 0 radical (unpaired) electrons. The lowest BCUT2D eigenvalue weighted by atomic mass is 10.00. The summed E-state index contributed by atoms with van der Waals surface area (Å²) < 4.78 is 27.0. The van der Waals surface area contributed by atoms with Gasteiger partial charge in [0.25, 0.3) is 0 Å². The van der Waals surface area contributed by atoms with Crippen LogP contribution in [0, 0.1) is 11.6 Å². The van der Waals surface area contributed by atoms with Crippen molar-refractivity contribution in [3.63, 3.8) is 0 Å². The van der Waals surface area contributed by atoms with Gasteiger partial charge in [-0.25, -0.2) is 8.78 Å². The van der Waals surface area contributed by atoms with Gasteiger partial charge in [0.05, 0.1) is 6.10 Å². The van der Waals surface area contributed by atoms with E-state index in [9.17, 15) is 13.9 Å². The molecule has 0 aromatic heterocycles. The number of hydrogen-bond acceptors (Lipinski definition) is 2. The molecule has 19 heavy (non-hydrogen) atoms. The monoisotopic (exact) mass is 327 g/mol. The van der Waals surface area contributed by atoms with E-state index in [0.29, 0.717) is 21.3 Å². The molecule has 2 nitrogen and oxygen atoms in total. The maximum atomic E-state index is 13.2. The number of benzene rings is 2. The van der Waals surface area contributed by atoms with Gasteiger partial charge in [0, 0.05) is 22.1 Å². The minimum Gasteiger partial charge on any atom is -0.398 e. The van der Waals surface area contributed by atoms with Crippen molar-refractivity contribution in [3.8, 4) is 0 Å². The van der Waals surface area contributed by atoms with E-state index in [1.165, 1.54) is 30.3 Å². The Kier molecular flexibility index (Phi) is 4.17. The highest BCUT2D eigenvalue weighted by atomic mass is 79.9. The van der Waals surface area contributed by atoms with Crippen LogP contribution >= 0.6 is 15.9 Å². The second-order valence-corrected chi connectivity index (χ2v) is 5.19. The summed E-state index contributed by atoms with van der Waals surface area (Å²) in [6, 6.07) is 8.16. The SMILES string of the molecule is Nc1ccc(F)cc1C(O)Cc1cc(F)cc(Br)c1. The Morgan fingerprint density at radius 1 is 1.11 bits per heavy atom. The van der Waals surface area contributed by atoms with Crippen LogP contribution in [0.5, 0.6) is 0 Å². The summed E-state index contributed by atoms with van der Waals surface area (Å²) in [6.07, 6.45) is -0.825. The standard InChI is InChI=1S/C14H12BrF2NO/c15-9-3-8(4-11(17)6-9)5-14(19)12-7-10(16)1-2-13(12)18/h1-4,6-7,14,19H,5,18H2. The predicted octanol–water partition coefficient (Wildman–Crippen LogP) is 3.59. The highest BCUT2D eigenvalue weighted by molar-refractivity contribution is 9.10. The average Bonchev–Trinajstić information content (AvgIpc) is 2.30. The molecule has 0 fully saturated rings. The molecule has 0 aliphatic carbocycles. The zero-order valence-electron chi connectivity index (χ0n) is 9.91. The minimum absolute atomic E-state index is 0.157. The number of halogens is 3. The molecule has 2 aromatic carbocycles. The van der Waals surface area contributed by atoms with E-state index in [1.807, 2.05) is 0 Å². The second kappa shape index (κ2) is 5.67. The molecule has 3 N–H and O–H groups in total. The molecule has 2 rings (SSSR count). The molecule has 2 aromatic rings. The van der Waals surface area contributed by atoms with E-state index in [2.05, 4.69) is 15.9 Å². The molecular weight excluding hydrogens is 316 g/mol. The lowest BCUT2D eigenvalue weighted by Gasteiger charge is -2.14. The van der Waals surface area contributed by atoms with Crippen molar-refractivity contribution in [2.24, 2.45) is 0 Å². The Bertz CT molecular complexity index is 584. The van der Waals surface area contributed by atoms with E-state index in [1.54, 1.807) is 6.07 Å². The van der Waals surface area contributed by atoms with Gasteiger partial charge in [0.2, 0.25) is 0 Å². The Labute approximate surface area is 118 Å². The van der Waals surface area contributed by atoms with Crippen molar-refractivity contribution in [3.05, 3.63) is 63.6 Å². The lowest BCUT2D eigenvalue weighted by Crippen LogP contribution is -2.06. The van der Waals surface area contributed by atoms with Crippen LogP contribution in [0.1, 0.15) is 17.2 Å². The molecule has 0 saturated carbocycles. The summed E-state index contributed by atoms with van der Waals surface area (Å²) in [6.45, 7) is 0. The molecule has 0 amide bonds. The molecule has 0 heterocycles. The molecule has 0 spiro atoms. The molecule has 0 bridgehead atoms. The van der Waals surface area contributed by atoms with Gasteiger partial charge in [0.15, 0.2) is 0 Å². The van der Waals surface area contributed by atoms with E-state index in [4.69, 9.17) is 5.73 Å². The van der Waals surface area contributed by atoms with Gasteiger partial charge < -0.3 is 10.8 Å². The Balaban J connectivity index is 2.25. The lowest BCUT2D eigenvalue weighted by molar-refractivity contribution is 0.178. The van der Waals surface area contributed by atoms with Crippen LogP contribution in [0.25, 0.3) is 0 Å². The molecule has 1 unspecified atom stereocenters. The van der Waals surface area contributed by atoms with Crippen LogP contribution in [0.4, 0.5) is 14.5 Å². The molecule has 0 aliphatic rings. The zero-order chi connectivity index (χ0) is 14.0. The molecular formula is C14H12BrF2NO. The fourth-order valence-corrected chi connectivity index (χ4v) is 2.41. The zero-order valence-corrected chi connectivity index (χ0v) is 11.5. The maximum absolute atomic E-state index is 13.2. The number of nitrogen functional groups attached to an aromatic ring is 1. The summed E-state index contributed by atoms with van der Waals surface area (Å²) in [5, 5.41) is 10.1. The van der Waals surface area contributed by atoms with Gasteiger partial charge in [-0.15, -0.1) is 0 Å². The number of nitrogens with two attached hydrogens (primary N) is 1. The highest BCUT2D eigenvalue weighted by Gasteiger charge is 2.13. The smallest absolute Gasteiger partial charge is 0.124 e. The van der Waals surface area contributed by atoms with Crippen LogP contribution in [0.2, 0.25) is 0 Å². The van der Waals surface area contributed by atoms with Crippen LogP contribution in [-0.2, 0) is 6.42 Å². The van der Waals surface area contributed by atoms with Gasteiger partial charge in [-0.1, -0.05) is 15.9 Å². The molecule has 5 heteroatoms. The number of rotatable bonds is 3. The van der Waals surface area contributed by atoms with E-state index in [0.717, 1.165) is 0 Å². The first-order valence-corrected chi connectivity index (χ1v) is 6.43. The number of anilines is 1. The molecule has 100 valence electrons. The first-order chi connectivity index (χ1) is 8.95. The third-order valence-corrected chi connectivity index (χ3v) is 3.22. The van der Waals surface area contributed by atoms with Crippen molar-refractivity contribution >= 4 is 21.6 Å². The molecule has 1 atom stereocenters. The van der Waals surface area contributed by atoms with Crippen LogP contribution < -0.4 is 5.73 Å². The first-order valence-electron chi connectivity index (χ1n) is 5.63. The third kappa shape index (κ3) is 3.52. The van der Waals surface area contributed by atoms with Crippen molar-refractivity contribution in [2.75, 3.05) is 5.73 Å². The van der Waals surface area contributed by atoms with Crippen LogP contribution in [0.3, 0.4) is 0 Å². The van der Waals surface area contributed by atoms with E-state index in [-0.39, 0.29) is 6.42 Å². The fourth-order valence-electron chi connectivity index (χ4n) is 1.90. The first kappa shape index (κ1) is 14.0. The third-order valence-electron chi connectivity index (χ3n) is 2.76.